The number of piperidine rings is 1. The van der Waals surface area contributed by atoms with E-state index in [2.05, 4.69) is 20.6 Å². The highest BCUT2D eigenvalue weighted by molar-refractivity contribution is 7.92. The van der Waals surface area contributed by atoms with E-state index in [1.807, 2.05) is 6.92 Å². The van der Waals surface area contributed by atoms with Crippen molar-refractivity contribution >= 4 is 39.3 Å². The standard InChI is InChI=1S/C19H30ClN5O3S/c1-11(2)25(29(4,27)28)17-7-8-21-19(24-17)22-12(3)15-10-13-9-14(20)5-6-16(13)23-18(15)26/h7-8,11-16H,5-6,9-10H2,1-4H3,(H,23,26)(H,21,22,24). The van der Waals surface area contributed by atoms with Gasteiger partial charge in [-0.1, -0.05) is 0 Å². The minimum absolute atomic E-state index is 0.0374. The Hall–Kier alpha value is -1.61. The molecule has 2 heterocycles. The number of hydrogen-bond donors (Lipinski definition) is 2. The molecule has 3 rings (SSSR count). The number of fused-ring (bicyclic) bond motifs is 1. The number of anilines is 2. The van der Waals surface area contributed by atoms with Crippen molar-refractivity contribution < 1.29 is 13.2 Å². The topological polar surface area (TPSA) is 104 Å². The Kier molecular flexibility index (Phi) is 6.57. The van der Waals surface area contributed by atoms with Gasteiger partial charge in [0.1, 0.15) is 5.82 Å². The summed E-state index contributed by atoms with van der Waals surface area (Å²) in [5.41, 5.74) is 0. The van der Waals surface area contributed by atoms with E-state index in [1.54, 1.807) is 19.9 Å². The molecule has 0 spiro atoms. The molecule has 1 amide bonds. The number of nitrogens with zero attached hydrogens (tertiary/aromatic N) is 3. The number of hydrogen-bond acceptors (Lipinski definition) is 6. The van der Waals surface area contributed by atoms with E-state index < -0.39 is 10.0 Å². The quantitative estimate of drug-likeness (QED) is 0.654. The fraction of sp³-hybridized carbons (Fsp3) is 0.737. The maximum Gasteiger partial charge on any atom is 0.233 e. The first kappa shape index (κ1) is 22.1. The molecule has 1 aromatic heterocycles. The Labute approximate surface area is 177 Å². The summed E-state index contributed by atoms with van der Waals surface area (Å²) in [6.07, 6.45) is 6.24. The lowest BCUT2D eigenvalue weighted by atomic mass is 9.74. The van der Waals surface area contributed by atoms with Crippen LogP contribution in [0.3, 0.4) is 0 Å². The number of rotatable bonds is 6. The number of aromatic nitrogens is 2. The molecule has 1 saturated carbocycles. The molecule has 1 aliphatic carbocycles. The average Bonchev–Trinajstić information content (AvgIpc) is 2.60. The van der Waals surface area contributed by atoms with Gasteiger partial charge in [-0.15, -0.1) is 11.6 Å². The summed E-state index contributed by atoms with van der Waals surface area (Å²) in [5, 5.41) is 6.53. The van der Waals surface area contributed by atoms with Gasteiger partial charge in [-0.3, -0.25) is 9.10 Å². The second kappa shape index (κ2) is 8.63. The molecule has 5 unspecified atom stereocenters. The largest absolute Gasteiger partial charge is 0.353 e. The molecular formula is C19H30ClN5O3S. The van der Waals surface area contributed by atoms with Crippen LogP contribution in [0.1, 0.15) is 46.5 Å². The summed E-state index contributed by atoms with van der Waals surface area (Å²) in [7, 11) is -3.47. The SMILES string of the molecule is CC(Nc1nccc(N(C(C)C)S(C)(=O)=O)n1)C1CC2CC(Cl)CCC2NC1=O. The van der Waals surface area contributed by atoms with Crippen LogP contribution in [0.2, 0.25) is 0 Å². The van der Waals surface area contributed by atoms with Gasteiger partial charge in [0.15, 0.2) is 0 Å². The number of carbonyl (C=O) groups is 1. The van der Waals surface area contributed by atoms with Crippen molar-refractivity contribution in [3.05, 3.63) is 12.3 Å². The second-order valence-corrected chi connectivity index (χ2v) is 10.9. The van der Waals surface area contributed by atoms with Gasteiger partial charge in [0, 0.05) is 35.8 Å². The number of nitrogens with one attached hydrogen (secondary N) is 2. The van der Waals surface area contributed by atoms with Crippen molar-refractivity contribution in [2.24, 2.45) is 11.8 Å². The summed E-state index contributed by atoms with van der Waals surface area (Å²) in [5.74, 6) is 0.805. The molecule has 162 valence electrons. The van der Waals surface area contributed by atoms with Crippen LogP contribution in [0.15, 0.2) is 12.3 Å². The monoisotopic (exact) mass is 443 g/mol. The minimum Gasteiger partial charge on any atom is -0.353 e. The van der Waals surface area contributed by atoms with Gasteiger partial charge in [-0.25, -0.2) is 13.4 Å². The molecule has 0 bridgehead atoms. The van der Waals surface area contributed by atoms with Crippen molar-refractivity contribution in [1.29, 1.82) is 0 Å². The van der Waals surface area contributed by atoms with Gasteiger partial charge in [0.2, 0.25) is 21.9 Å². The van der Waals surface area contributed by atoms with E-state index >= 15 is 0 Å². The van der Waals surface area contributed by atoms with Crippen LogP contribution in [-0.2, 0) is 14.8 Å². The first-order valence-corrected chi connectivity index (χ1v) is 12.4. The first-order chi connectivity index (χ1) is 13.6. The average molecular weight is 444 g/mol. The van der Waals surface area contributed by atoms with E-state index in [-0.39, 0.29) is 35.3 Å². The van der Waals surface area contributed by atoms with Crippen LogP contribution in [-0.4, -0.2) is 54.1 Å². The lowest BCUT2D eigenvalue weighted by Crippen LogP contribution is -2.55. The van der Waals surface area contributed by atoms with Gasteiger partial charge in [-0.2, -0.15) is 4.98 Å². The maximum absolute atomic E-state index is 12.6. The molecule has 5 atom stereocenters. The normalized spacial score (nSPS) is 28.4. The van der Waals surface area contributed by atoms with Gasteiger partial charge >= 0.3 is 0 Å². The Morgan fingerprint density at radius 2 is 2.00 bits per heavy atom. The van der Waals surface area contributed by atoms with E-state index in [9.17, 15) is 13.2 Å². The molecule has 0 radical (unpaired) electrons. The summed E-state index contributed by atoms with van der Waals surface area (Å²) in [6.45, 7) is 5.50. The van der Waals surface area contributed by atoms with Gasteiger partial charge in [-0.05, 0) is 52.4 Å². The van der Waals surface area contributed by atoms with Gasteiger partial charge in [0.25, 0.3) is 0 Å². The Morgan fingerprint density at radius 3 is 2.66 bits per heavy atom. The van der Waals surface area contributed by atoms with Crippen LogP contribution in [0, 0.1) is 11.8 Å². The molecule has 8 nitrogen and oxygen atoms in total. The fourth-order valence-corrected chi connectivity index (χ4v) is 6.04. The van der Waals surface area contributed by atoms with E-state index in [1.165, 1.54) is 10.5 Å². The number of amides is 1. The Balaban J connectivity index is 1.73. The number of halogens is 1. The van der Waals surface area contributed by atoms with Crippen molar-refractivity contribution in [3.63, 3.8) is 0 Å². The zero-order valence-electron chi connectivity index (χ0n) is 17.3. The van der Waals surface area contributed by atoms with Crippen molar-refractivity contribution in [2.45, 2.75) is 70.0 Å². The molecule has 1 saturated heterocycles. The van der Waals surface area contributed by atoms with Crippen LogP contribution in [0.4, 0.5) is 11.8 Å². The van der Waals surface area contributed by atoms with Gasteiger partial charge < -0.3 is 10.6 Å². The fourth-order valence-electron chi connectivity index (χ4n) is 4.47. The predicted molar refractivity (Wildman–Crippen MR) is 115 cm³/mol. The van der Waals surface area contributed by atoms with Gasteiger partial charge in [0.05, 0.1) is 12.2 Å². The lowest BCUT2D eigenvalue weighted by Gasteiger charge is -2.42. The lowest BCUT2D eigenvalue weighted by molar-refractivity contribution is -0.130. The third-order valence-electron chi connectivity index (χ3n) is 5.79. The minimum atomic E-state index is -3.47. The van der Waals surface area contributed by atoms with E-state index in [0.717, 1.165) is 31.9 Å². The van der Waals surface area contributed by atoms with Crippen molar-refractivity contribution in [2.75, 3.05) is 15.9 Å². The number of carbonyl (C=O) groups excluding carboxylic acids is 1. The molecule has 0 aromatic carbocycles. The highest BCUT2D eigenvalue weighted by Gasteiger charge is 2.41. The Bertz CT molecular complexity index is 850. The second-order valence-electron chi connectivity index (χ2n) is 8.45. The molecule has 2 N–H and O–H groups in total. The smallest absolute Gasteiger partial charge is 0.233 e. The van der Waals surface area contributed by atoms with E-state index in [4.69, 9.17) is 11.6 Å². The summed E-state index contributed by atoms with van der Waals surface area (Å²) >= 11 is 6.34. The van der Waals surface area contributed by atoms with Crippen LogP contribution < -0.4 is 14.9 Å². The highest BCUT2D eigenvalue weighted by atomic mass is 35.5. The first-order valence-electron chi connectivity index (χ1n) is 10.1. The summed E-state index contributed by atoms with van der Waals surface area (Å²) in [6, 6.07) is 1.31. The molecule has 2 fully saturated rings. The van der Waals surface area contributed by atoms with Crippen molar-refractivity contribution in [1.82, 2.24) is 15.3 Å². The third kappa shape index (κ3) is 5.12. The maximum atomic E-state index is 12.6. The van der Waals surface area contributed by atoms with Crippen LogP contribution in [0.25, 0.3) is 0 Å². The number of sulfonamides is 1. The Morgan fingerprint density at radius 1 is 1.28 bits per heavy atom. The molecule has 2 aliphatic rings. The van der Waals surface area contributed by atoms with Crippen molar-refractivity contribution in [3.8, 4) is 0 Å². The zero-order chi connectivity index (χ0) is 21.3. The van der Waals surface area contributed by atoms with Crippen LogP contribution in [0.5, 0.6) is 0 Å². The molecular weight excluding hydrogens is 414 g/mol. The molecule has 1 aliphatic heterocycles. The van der Waals surface area contributed by atoms with Crippen LogP contribution >= 0.6 is 11.6 Å². The molecule has 1 aromatic rings. The number of alkyl halides is 1. The summed E-state index contributed by atoms with van der Waals surface area (Å²) in [4.78, 5) is 21.3. The highest BCUT2D eigenvalue weighted by Crippen LogP contribution is 2.36. The predicted octanol–water partition coefficient (Wildman–Crippen LogP) is 2.36. The zero-order valence-corrected chi connectivity index (χ0v) is 18.9. The molecule has 29 heavy (non-hydrogen) atoms. The molecule has 10 heteroatoms. The summed E-state index contributed by atoms with van der Waals surface area (Å²) < 4.78 is 25.5. The van der Waals surface area contributed by atoms with E-state index in [0.29, 0.717) is 17.7 Å². The third-order valence-corrected chi connectivity index (χ3v) is 7.51.